The third-order valence-corrected chi connectivity index (χ3v) is 6.33. The normalized spacial score (nSPS) is 13.8. The van der Waals surface area contributed by atoms with Crippen molar-refractivity contribution in [2.45, 2.75) is 18.9 Å². The number of nitrogens with zero attached hydrogens (tertiary/aromatic N) is 2. The number of esters is 1. The SMILES string of the molecule is COC(=O)c1ccc(-c2cc3nccc(-c4ccc(NC5CCOCC5)c(C#N)c4)c3o2)c(OC)c1. The van der Waals surface area contributed by atoms with Gasteiger partial charge in [0.2, 0.25) is 0 Å². The number of methoxy groups -OCH3 is 2. The number of anilines is 1. The lowest BCUT2D eigenvalue weighted by atomic mass is 10.0. The number of carbonyl (C=O) groups is 1. The van der Waals surface area contributed by atoms with Crippen LogP contribution in [-0.4, -0.2) is 44.4 Å². The minimum Gasteiger partial charge on any atom is -0.496 e. The van der Waals surface area contributed by atoms with Crippen LogP contribution >= 0.6 is 0 Å². The van der Waals surface area contributed by atoms with Gasteiger partial charge in [-0.2, -0.15) is 5.26 Å². The molecule has 8 heteroatoms. The molecule has 2 aromatic carbocycles. The van der Waals surface area contributed by atoms with Crippen molar-refractivity contribution >= 4 is 22.8 Å². The van der Waals surface area contributed by atoms with E-state index in [4.69, 9.17) is 18.6 Å². The monoisotopic (exact) mass is 483 g/mol. The Bertz CT molecular complexity index is 1460. The highest BCUT2D eigenvalue weighted by Crippen LogP contribution is 2.38. The summed E-state index contributed by atoms with van der Waals surface area (Å²) in [5.74, 6) is 0.585. The molecule has 0 saturated carbocycles. The van der Waals surface area contributed by atoms with Gasteiger partial charge < -0.3 is 23.9 Å². The van der Waals surface area contributed by atoms with Crippen LogP contribution in [0.5, 0.6) is 5.75 Å². The second-order valence-electron chi connectivity index (χ2n) is 8.49. The highest BCUT2D eigenvalue weighted by Gasteiger charge is 2.19. The number of fused-ring (bicyclic) bond motifs is 1. The number of hydrogen-bond acceptors (Lipinski definition) is 8. The molecule has 0 bridgehead atoms. The molecule has 36 heavy (non-hydrogen) atoms. The fourth-order valence-corrected chi connectivity index (χ4v) is 4.43. The minimum atomic E-state index is -0.448. The number of ether oxygens (including phenoxy) is 3. The lowest BCUT2D eigenvalue weighted by Gasteiger charge is -2.24. The Morgan fingerprint density at radius 3 is 2.67 bits per heavy atom. The highest BCUT2D eigenvalue weighted by molar-refractivity contribution is 5.94. The predicted octanol–water partition coefficient (Wildman–Crippen LogP) is 5.42. The maximum absolute atomic E-state index is 11.9. The zero-order chi connectivity index (χ0) is 25.1. The minimum absolute atomic E-state index is 0.289. The van der Waals surface area contributed by atoms with Gasteiger partial charge in [0, 0.05) is 37.1 Å². The first-order chi connectivity index (χ1) is 17.6. The van der Waals surface area contributed by atoms with Crippen LogP contribution in [0.15, 0.2) is 59.1 Å². The second-order valence-corrected chi connectivity index (χ2v) is 8.49. The zero-order valence-electron chi connectivity index (χ0n) is 20.0. The third kappa shape index (κ3) is 4.49. The molecule has 0 unspecified atom stereocenters. The Morgan fingerprint density at radius 2 is 1.92 bits per heavy atom. The van der Waals surface area contributed by atoms with Crippen LogP contribution in [0.3, 0.4) is 0 Å². The maximum atomic E-state index is 11.9. The summed E-state index contributed by atoms with van der Waals surface area (Å²) in [6.45, 7) is 1.45. The average Bonchev–Trinajstić information content (AvgIpc) is 3.37. The van der Waals surface area contributed by atoms with Gasteiger partial charge in [-0.15, -0.1) is 0 Å². The van der Waals surface area contributed by atoms with Crippen molar-refractivity contribution in [2.24, 2.45) is 0 Å². The fraction of sp³-hybridized carbons (Fsp3) is 0.250. The fourth-order valence-electron chi connectivity index (χ4n) is 4.43. The number of rotatable bonds is 6. The summed E-state index contributed by atoms with van der Waals surface area (Å²) in [5.41, 5.74) is 5.39. The van der Waals surface area contributed by atoms with Crippen LogP contribution < -0.4 is 10.1 Å². The van der Waals surface area contributed by atoms with Gasteiger partial charge in [0.25, 0.3) is 0 Å². The Hall–Kier alpha value is -4.35. The van der Waals surface area contributed by atoms with Crippen molar-refractivity contribution in [1.29, 1.82) is 5.26 Å². The largest absolute Gasteiger partial charge is 0.496 e. The van der Waals surface area contributed by atoms with E-state index in [2.05, 4.69) is 16.4 Å². The van der Waals surface area contributed by atoms with Crippen molar-refractivity contribution < 1.29 is 23.4 Å². The summed E-state index contributed by atoms with van der Waals surface area (Å²) in [6, 6.07) is 17.1. The van der Waals surface area contributed by atoms with Crippen LogP contribution in [0.25, 0.3) is 33.6 Å². The topological polar surface area (TPSA) is 107 Å². The van der Waals surface area contributed by atoms with E-state index >= 15 is 0 Å². The number of furan rings is 1. The molecule has 1 aliphatic heterocycles. The molecule has 8 nitrogen and oxygen atoms in total. The number of nitrogens with one attached hydrogen (secondary N) is 1. The van der Waals surface area contributed by atoms with E-state index in [0.717, 1.165) is 42.9 Å². The molecule has 0 spiro atoms. The third-order valence-electron chi connectivity index (χ3n) is 6.33. The summed E-state index contributed by atoms with van der Waals surface area (Å²) < 4.78 is 22.0. The lowest BCUT2D eigenvalue weighted by Crippen LogP contribution is -2.28. The van der Waals surface area contributed by atoms with Crippen LogP contribution in [0, 0.1) is 11.3 Å². The summed E-state index contributed by atoms with van der Waals surface area (Å²) in [4.78, 5) is 16.4. The molecule has 1 aliphatic rings. The molecule has 0 radical (unpaired) electrons. The molecule has 4 aromatic rings. The molecule has 0 atom stereocenters. The van der Waals surface area contributed by atoms with Gasteiger partial charge >= 0.3 is 5.97 Å². The van der Waals surface area contributed by atoms with E-state index in [1.807, 2.05) is 30.3 Å². The molecule has 2 aromatic heterocycles. The van der Waals surface area contributed by atoms with Crippen LogP contribution in [0.1, 0.15) is 28.8 Å². The number of carbonyl (C=O) groups excluding carboxylic acids is 1. The molecule has 3 heterocycles. The number of pyridine rings is 1. The molecule has 1 saturated heterocycles. The van der Waals surface area contributed by atoms with Gasteiger partial charge in [0.15, 0.2) is 5.58 Å². The molecular formula is C28H25N3O5. The molecule has 0 aliphatic carbocycles. The number of aromatic nitrogens is 1. The van der Waals surface area contributed by atoms with E-state index in [1.54, 1.807) is 24.4 Å². The summed E-state index contributed by atoms with van der Waals surface area (Å²) in [7, 11) is 2.87. The van der Waals surface area contributed by atoms with Gasteiger partial charge in [-0.05, 0) is 54.8 Å². The lowest BCUT2D eigenvalue weighted by molar-refractivity contribution is 0.0600. The van der Waals surface area contributed by atoms with Crippen molar-refractivity contribution in [3.63, 3.8) is 0 Å². The molecule has 0 amide bonds. The van der Waals surface area contributed by atoms with Crippen molar-refractivity contribution in [3.05, 3.63) is 65.9 Å². The molecule has 5 rings (SSSR count). The van der Waals surface area contributed by atoms with Gasteiger partial charge in [-0.3, -0.25) is 4.98 Å². The van der Waals surface area contributed by atoms with E-state index in [1.165, 1.54) is 14.2 Å². The van der Waals surface area contributed by atoms with E-state index in [-0.39, 0.29) is 6.04 Å². The number of nitriles is 1. The zero-order valence-corrected chi connectivity index (χ0v) is 20.0. The Kier molecular flexibility index (Phi) is 6.56. The first-order valence-electron chi connectivity index (χ1n) is 11.7. The Labute approximate surface area is 208 Å². The van der Waals surface area contributed by atoms with Crippen LogP contribution in [0.4, 0.5) is 5.69 Å². The quantitative estimate of drug-likeness (QED) is 0.362. The Morgan fingerprint density at radius 1 is 1.08 bits per heavy atom. The highest BCUT2D eigenvalue weighted by atomic mass is 16.5. The van der Waals surface area contributed by atoms with E-state index in [0.29, 0.717) is 39.3 Å². The molecule has 182 valence electrons. The van der Waals surface area contributed by atoms with E-state index < -0.39 is 5.97 Å². The van der Waals surface area contributed by atoms with Crippen molar-refractivity contribution in [2.75, 3.05) is 32.8 Å². The number of benzene rings is 2. The molecular weight excluding hydrogens is 458 g/mol. The van der Waals surface area contributed by atoms with Gasteiger partial charge in [0.05, 0.1) is 36.6 Å². The molecule has 1 N–H and O–H groups in total. The van der Waals surface area contributed by atoms with Crippen LogP contribution in [-0.2, 0) is 9.47 Å². The molecule has 1 fully saturated rings. The summed E-state index contributed by atoms with van der Waals surface area (Å²) >= 11 is 0. The van der Waals surface area contributed by atoms with Gasteiger partial charge in [-0.1, -0.05) is 6.07 Å². The van der Waals surface area contributed by atoms with Gasteiger partial charge in [-0.25, -0.2) is 4.79 Å². The van der Waals surface area contributed by atoms with Gasteiger partial charge in [0.1, 0.15) is 23.1 Å². The first-order valence-corrected chi connectivity index (χ1v) is 11.7. The average molecular weight is 484 g/mol. The summed E-state index contributed by atoms with van der Waals surface area (Å²) in [6.07, 6.45) is 3.54. The number of hydrogen-bond donors (Lipinski definition) is 1. The predicted molar refractivity (Wildman–Crippen MR) is 135 cm³/mol. The van der Waals surface area contributed by atoms with E-state index in [9.17, 15) is 10.1 Å². The maximum Gasteiger partial charge on any atom is 0.337 e. The Balaban J connectivity index is 1.52. The summed E-state index contributed by atoms with van der Waals surface area (Å²) in [5, 5.41) is 13.3. The first kappa shape index (κ1) is 23.4. The van der Waals surface area contributed by atoms with Crippen LogP contribution in [0.2, 0.25) is 0 Å². The second kappa shape index (κ2) is 10.1. The smallest absolute Gasteiger partial charge is 0.337 e. The van der Waals surface area contributed by atoms with Crippen molar-refractivity contribution in [1.82, 2.24) is 4.98 Å². The van der Waals surface area contributed by atoms with Crippen molar-refractivity contribution in [3.8, 4) is 34.3 Å². The standard InChI is InChI=1S/C28H25N3O5/c1-33-25-14-18(28(32)34-2)3-5-22(25)26-15-24-27(36-26)21(7-10-30-24)17-4-6-23(19(13-17)16-29)31-20-8-11-35-12-9-20/h3-7,10,13-15,20,31H,8-9,11-12H2,1-2H3.